The Balaban J connectivity index is 1.35. The van der Waals surface area contributed by atoms with Crippen molar-refractivity contribution in [1.29, 1.82) is 0 Å². The van der Waals surface area contributed by atoms with E-state index in [0.717, 1.165) is 42.5 Å². The monoisotopic (exact) mass is 456 g/mol. The Morgan fingerprint density at radius 2 is 1.82 bits per heavy atom. The normalized spacial score (nSPS) is 15.9. The van der Waals surface area contributed by atoms with Gasteiger partial charge in [-0.25, -0.2) is 0 Å². The van der Waals surface area contributed by atoms with E-state index in [-0.39, 0.29) is 11.9 Å². The molecule has 0 radical (unpaired) electrons. The molecule has 1 amide bonds. The predicted molar refractivity (Wildman–Crippen MR) is 134 cm³/mol. The molecule has 1 aliphatic heterocycles. The number of aromatic nitrogens is 3. The van der Waals surface area contributed by atoms with Crippen molar-refractivity contribution in [3.8, 4) is 11.4 Å². The Bertz CT molecular complexity index is 1290. The van der Waals surface area contributed by atoms with Gasteiger partial charge in [-0.15, -0.1) is 10.2 Å². The van der Waals surface area contributed by atoms with E-state index in [4.69, 9.17) is 0 Å². The summed E-state index contributed by atoms with van der Waals surface area (Å²) in [5.41, 5.74) is 3.50. The fourth-order valence-corrected chi connectivity index (χ4v) is 5.73. The smallest absolute Gasteiger partial charge is 0.233 e. The number of nitrogens with zero attached hydrogens (tertiary/aromatic N) is 4. The predicted octanol–water partition coefficient (Wildman–Crippen LogP) is 5.88. The van der Waals surface area contributed by atoms with Crippen LogP contribution in [0.1, 0.15) is 36.9 Å². The van der Waals surface area contributed by atoms with Gasteiger partial charge in [-0.3, -0.25) is 4.79 Å². The second-order valence-electron chi connectivity index (χ2n) is 8.47. The average Bonchev–Trinajstić information content (AvgIpc) is 3.49. The van der Waals surface area contributed by atoms with Gasteiger partial charge in [0.1, 0.15) is 0 Å². The van der Waals surface area contributed by atoms with Gasteiger partial charge in [0, 0.05) is 18.7 Å². The molecule has 0 saturated carbocycles. The van der Waals surface area contributed by atoms with E-state index < -0.39 is 0 Å². The molecule has 1 fully saturated rings. The maximum absolute atomic E-state index is 13.3. The van der Waals surface area contributed by atoms with E-state index in [1.807, 2.05) is 12.1 Å². The number of hydrogen-bond donors (Lipinski definition) is 0. The van der Waals surface area contributed by atoms with E-state index in [2.05, 4.69) is 88.1 Å². The summed E-state index contributed by atoms with van der Waals surface area (Å²) in [6.07, 6.45) is 2.04. The third kappa shape index (κ3) is 4.15. The van der Waals surface area contributed by atoms with E-state index in [9.17, 15) is 4.79 Å². The number of likely N-dealkylation sites (tertiary alicyclic amines) is 1. The van der Waals surface area contributed by atoms with Crippen LogP contribution < -0.4 is 0 Å². The minimum atomic E-state index is 0.135. The lowest BCUT2D eigenvalue weighted by atomic mass is 9.97. The lowest BCUT2D eigenvalue weighted by Crippen LogP contribution is -2.32. The fraction of sp³-hybridized carbons (Fsp3) is 0.296. The zero-order valence-corrected chi connectivity index (χ0v) is 19.9. The van der Waals surface area contributed by atoms with Crippen LogP contribution in [0.15, 0.2) is 71.9 Å². The molecule has 33 heavy (non-hydrogen) atoms. The zero-order valence-electron chi connectivity index (χ0n) is 19.1. The van der Waals surface area contributed by atoms with Crippen molar-refractivity contribution in [3.05, 3.63) is 77.9 Å². The number of fused-ring (bicyclic) bond motifs is 1. The highest BCUT2D eigenvalue weighted by atomic mass is 32.2. The topological polar surface area (TPSA) is 51.0 Å². The van der Waals surface area contributed by atoms with Crippen molar-refractivity contribution in [2.24, 2.45) is 0 Å². The van der Waals surface area contributed by atoms with Gasteiger partial charge in [-0.2, -0.15) is 0 Å². The molecule has 0 N–H and O–H groups in total. The van der Waals surface area contributed by atoms with Gasteiger partial charge in [-0.1, -0.05) is 78.5 Å². The van der Waals surface area contributed by atoms with Crippen molar-refractivity contribution in [1.82, 2.24) is 19.7 Å². The van der Waals surface area contributed by atoms with Crippen LogP contribution in [-0.2, 0) is 11.3 Å². The first-order valence-corrected chi connectivity index (χ1v) is 12.5. The van der Waals surface area contributed by atoms with Crippen LogP contribution in [0.4, 0.5) is 0 Å². The van der Waals surface area contributed by atoms with Crippen LogP contribution in [0.5, 0.6) is 0 Å². The highest BCUT2D eigenvalue weighted by Crippen LogP contribution is 2.36. The lowest BCUT2D eigenvalue weighted by molar-refractivity contribution is -0.129. The van der Waals surface area contributed by atoms with Crippen LogP contribution in [0, 0.1) is 6.92 Å². The van der Waals surface area contributed by atoms with E-state index in [1.165, 1.54) is 33.7 Å². The molecular weight excluding hydrogens is 428 g/mol. The van der Waals surface area contributed by atoms with Gasteiger partial charge >= 0.3 is 0 Å². The summed E-state index contributed by atoms with van der Waals surface area (Å²) >= 11 is 1.49. The van der Waals surface area contributed by atoms with Gasteiger partial charge in [0.15, 0.2) is 11.0 Å². The number of amides is 1. The largest absolute Gasteiger partial charge is 0.335 e. The van der Waals surface area contributed by atoms with Crippen LogP contribution >= 0.6 is 11.8 Å². The van der Waals surface area contributed by atoms with Gasteiger partial charge in [-0.05, 0) is 48.6 Å². The molecule has 6 heteroatoms. The second-order valence-corrected chi connectivity index (χ2v) is 9.41. The van der Waals surface area contributed by atoms with Gasteiger partial charge < -0.3 is 9.47 Å². The van der Waals surface area contributed by atoms with Gasteiger partial charge in [0.05, 0.1) is 11.8 Å². The maximum atomic E-state index is 13.3. The van der Waals surface area contributed by atoms with E-state index in [1.54, 1.807) is 0 Å². The number of aryl methyl sites for hydroxylation is 1. The molecule has 5 rings (SSSR count). The minimum Gasteiger partial charge on any atom is -0.335 e. The molecular formula is C27H28N4OS. The van der Waals surface area contributed by atoms with Gasteiger partial charge in [0.25, 0.3) is 0 Å². The summed E-state index contributed by atoms with van der Waals surface area (Å²) in [4.78, 5) is 15.4. The first-order chi connectivity index (χ1) is 16.2. The molecule has 2 heterocycles. The SMILES string of the molecule is CCn1c(SCC(=O)N2CCCC2c2cccc3ccccc23)nnc1-c1ccccc1C. The summed E-state index contributed by atoms with van der Waals surface area (Å²) in [6, 6.07) is 23.2. The number of carbonyl (C=O) groups excluding carboxylic acids is 1. The quantitative estimate of drug-likeness (QED) is 0.340. The standard InChI is InChI=1S/C27H28N4OS/c1-3-30-26(21-13-6-4-10-19(21)2)28-29-27(30)33-18-25(32)31-17-9-16-24(31)23-15-8-12-20-11-5-7-14-22(20)23/h4-8,10-15,24H,3,9,16-18H2,1-2H3. The molecule has 0 spiro atoms. The average molecular weight is 457 g/mol. The van der Waals surface area contributed by atoms with E-state index >= 15 is 0 Å². The number of benzene rings is 3. The number of carbonyl (C=O) groups is 1. The van der Waals surface area contributed by atoms with Gasteiger partial charge in [0.2, 0.25) is 5.91 Å². The molecule has 1 atom stereocenters. The molecule has 5 nitrogen and oxygen atoms in total. The summed E-state index contributed by atoms with van der Waals surface area (Å²) < 4.78 is 2.10. The summed E-state index contributed by atoms with van der Waals surface area (Å²) in [5.74, 6) is 1.39. The first kappa shape index (κ1) is 21.7. The Labute approximate surface area is 198 Å². The molecule has 168 valence electrons. The zero-order chi connectivity index (χ0) is 22.8. The maximum Gasteiger partial charge on any atom is 0.233 e. The fourth-order valence-electron chi connectivity index (χ4n) is 4.84. The van der Waals surface area contributed by atoms with Crippen molar-refractivity contribution in [3.63, 3.8) is 0 Å². The van der Waals surface area contributed by atoms with Crippen LogP contribution in [-0.4, -0.2) is 37.9 Å². The molecule has 1 aromatic heterocycles. The molecule has 1 unspecified atom stereocenters. The minimum absolute atomic E-state index is 0.135. The first-order valence-electron chi connectivity index (χ1n) is 11.6. The van der Waals surface area contributed by atoms with E-state index in [0.29, 0.717) is 5.75 Å². The lowest BCUT2D eigenvalue weighted by Gasteiger charge is -2.26. The third-order valence-electron chi connectivity index (χ3n) is 6.50. The van der Waals surface area contributed by atoms with Crippen molar-refractivity contribution in [2.75, 3.05) is 12.3 Å². The molecule has 3 aromatic carbocycles. The van der Waals surface area contributed by atoms with Crippen molar-refractivity contribution >= 4 is 28.4 Å². The van der Waals surface area contributed by atoms with Crippen molar-refractivity contribution in [2.45, 2.75) is 44.4 Å². The molecule has 0 aliphatic carbocycles. The van der Waals surface area contributed by atoms with Crippen LogP contribution in [0.25, 0.3) is 22.2 Å². The Hall–Kier alpha value is -3.12. The molecule has 1 saturated heterocycles. The Kier molecular flexibility index (Phi) is 6.18. The second kappa shape index (κ2) is 9.40. The highest BCUT2D eigenvalue weighted by molar-refractivity contribution is 7.99. The highest BCUT2D eigenvalue weighted by Gasteiger charge is 2.31. The summed E-state index contributed by atoms with van der Waals surface area (Å²) in [5, 5.41) is 12.1. The van der Waals surface area contributed by atoms with Crippen LogP contribution in [0.3, 0.4) is 0 Å². The number of thioether (sulfide) groups is 1. The number of hydrogen-bond acceptors (Lipinski definition) is 4. The van der Waals surface area contributed by atoms with Crippen molar-refractivity contribution < 1.29 is 4.79 Å². The Morgan fingerprint density at radius 3 is 2.67 bits per heavy atom. The molecule has 1 aliphatic rings. The number of rotatable bonds is 6. The van der Waals surface area contributed by atoms with Crippen LogP contribution in [0.2, 0.25) is 0 Å². The summed E-state index contributed by atoms with van der Waals surface area (Å²) in [6.45, 7) is 5.74. The third-order valence-corrected chi connectivity index (χ3v) is 7.45. The summed E-state index contributed by atoms with van der Waals surface area (Å²) in [7, 11) is 0. The molecule has 4 aromatic rings. The Morgan fingerprint density at radius 1 is 1.03 bits per heavy atom. The molecule has 0 bridgehead atoms.